The first-order chi connectivity index (χ1) is 10.2. The number of nitrogens with zero attached hydrogens (tertiary/aromatic N) is 2. The number of carbonyl (C=O) groups excluding carboxylic acids is 1. The Morgan fingerprint density at radius 2 is 2.14 bits per heavy atom. The van der Waals surface area contributed by atoms with E-state index in [-0.39, 0.29) is 24.4 Å². The van der Waals surface area contributed by atoms with Crippen LogP contribution in [0.2, 0.25) is 5.02 Å². The van der Waals surface area contributed by atoms with E-state index >= 15 is 0 Å². The van der Waals surface area contributed by atoms with Crippen molar-refractivity contribution in [3.8, 4) is 10.6 Å². The zero-order chi connectivity index (χ0) is 14.7. The van der Waals surface area contributed by atoms with E-state index in [2.05, 4.69) is 20.8 Å². The van der Waals surface area contributed by atoms with Crippen LogP contribution in [-0.2, 0) is 4.79 Å². The predicted molar refractivity (Wildman–Crippen MR) is 91.9 cm³/mol. The Bertz CT molecular complexity index is 643. The van der Waals surface area contributed by atoms with Crippen LogP contribution < -0.4 is 10.6 Å². The van der Waals surface area contributed by atoms with Crippen molar-refractivity contribution < 1.29 is 4.79 Å². The molecule has 1 aromatic carbocycles. The lowest BCUT2D eigenvalue weighted by Gasteiger charge is -2.21. The van der Waals surface area contributed by atoms with Crippen LogP contribution in [0.15, 0.2) is 24.3 Å². The predicted octanol–water partition coefficient (Wildman–Crippen LogP) is 3.36. The highest BCUT2D eigenvalue weighted by Crippen LogP contribution is 2.31. The summed E-state index contributed by atoms with van der Waals surface area (Å²) in [5, 5.41) is 16.0. The number of hydrogen-bond acceptors (Lipinski definition) is 5. The number of hydrogen-bond donors (Lipinski definition) is 2. The van der Waals surface area contributed by atoms with Crippen molar-refractivity contribution in [2.75, 3.05) is 11.9 Å². The lowest BCUT2D eigenvalue weighted by atomic mass is 10.0. The van der Waals surface area contributed by atoms with Gasteiger partial charge in [-0.05, 0) is 25.5 Å². The lowest BCUT2D eigenvalue weighted by molar-refractivity contribution is -0.118. The Kier molecular flexibility index (Phi) is 6.14. The monoisotopic (exact) mass is 358 g/mol. The van der Waals surface area contributed by atoms with Crippen molar-refractivity contribution >= 4 is 46.4 Å². The maximum atomic E-state index is 12.1. The summed E-state index contributed by atoms with van der Waals surface area (Å²) in [5.41, 5.74) is 0.827. The van der Waals surface area contributed by atoms with Gasteiger partial charge in [0.1, 0.15) is 0 Å². The summed E-state index contributed by atoms with van der Waals surface area (Å²) < 4.78 is 0. The van der Waals surface area contributed by atoms with Gasteiger partial charge in [0.15, 0.2) is 5.01 Å². The van der Waals surface area contributed by atoms with Crippen LogP contribution in [0, 0.1) is 0 Å². The molecule has 3 rings (SSSR count). The van der Waals surface area contributed by atoms with Gasteiger partial charge in [-0.1, -0.05) is 47.6 Å². The molecule has 1 fully saturated rings. The smallest absolute Gasteiger partial charge is 0.243 e. The molecule has 2 aromatic rings. The van der Waals surface area contributed by atoms with Gasteiger partial charge in [0.05, 0.1) is 11.1 Å². The minimum absolute atomic E-state index is 0. The summed E-state index contributed by atoms with van der Waals surface area (Å²) in [5.74, 6) is -0.0449. The van der Waals surface area contributed by atoms with Crippen molar-refractivity contribution in [3.63, 3.8) is 0 Å². The minimum Gasteiger partial charge on any atom is -0.306 e. The van der Waals surface area contributed by atoms with E-state index in [4.69, 9.17) is 11.6 Å². The molecule has 22 heavy (non-hydrogen) atoms. The van der Waals surface area contributed by atoms with Crippen LogP contribution in [0.25, 0.3) is 10.6 Å². The molecule has 2 N–H and O–H groups in total. The molecule has 0 spiro atoms. The minimum atomic E-state index is -0.133. The van der Waals surface area contributed by atoms with Gasteiger partial charge in [-0.3, -0.25) is 10.1 Å². The van der Waals surface area contributed by atoms with Gasteiger partial charge in [0.2, 0.25) is 11.0 Å². The summed E-state index contributed by atoms with van der Waals surface area (Å²) in [6.45, 7) is 0.888. The molecule has 5 nitrogen and oxygen atoms in total. The highest BCUT2D eigenvalue weighted by Gasteiger charge is 2.21. The molecule has 1 amide bonds. The number of rotatable bonds is 3. The molecule has 0 radical (unpaired) electrons. The van der Waals surface area contributed by atoms with E-state index in [1.165, 1.54) is 11.3 Å². The van der Waals surface area contributed by atoms with E-state index in [1.807, 2.05) is 24.3 Å². The van der Waals surface area contributed by atoms with Crippen LogP contribution >= 0.6 is 35.3 Å². The third-order valence-corrected chi connectivity index (χ3v) is 4.59. The van der Waals surface area contributed by atoms with Gasteiger partial charge < -0.3 is 5.32 Å². The Hall–Kier alpha value is -1.21. The van der Waals surface area contributed by atoms with Gasteiger partial charge in [0.25, 0.3) is 0 Å². The number of halogens is 2. The number of benzene rings is 1. The molecular weight excluding hydrogens is 343 g/mol. The zero-order valence-electron chi connectivity index (χ0n) is 11.7. The summed E-state index contributed by atoms with van der Waals surface area (Å²) in [6.07, 6.45) is 3.06. The second kappa shape index (κ2) is 7.87. The number of anilines is 1. The fourth-order valence-corrected chi connectivity index (χ4v) is 3.35. The molecule has 2 heterocycles. The molecule has 0 bridgehead atoms. The quantitative estimate of drug-likeness (QED) is 0.882. The maximum Gasteiger partial charge on any atom is 0.243 e. The Morgan fingerprint density at radius 3 is 2.86 bits per heavy atom. The van der Waals surface area contributed by atoms with Gasteiger partial charge in [-0.2, -0.15) is 0 Å². The zero-order valence-corrected chi connectivity index (χ0v) is 14.1. The van der Waals surface area contributed by atoms with Gasteiger partial charge in [-0.15, -0.1) is 22.6 Å². The van der Waals surface area contributed by atoms with Crippen molar-refractivity contribution in [2.45, 2.75) is 25.3 Å². The fraction of sp³-hybridized carbons (Fsp3) is 0.357. The standard InChI is InChI=1S/C14H15ClN4OS.ClH/c15-10-6-2-1-5-9(10)13-18-19-14(21-13)17-12(20)11-7-3-4-8-16-11;/h1-2,5-6,11,16H,3-4,7-8H2,(H,17,19,20);1H. The topological polar surface area (TPSA) is 66.9 Å². The number of nitrogens with one attached hydrogen (secondary N) is 2. The second-order valence-electron chi connectivity index (χ2n) is 4.88. The number of aromatic nitrogens is 2. The van der Waals surface area contributed by atoms with Crippen molar-refractivity contribution in [3.05, 3.63) is 29.3 Å². The molecule has 1 unspecified atom stereocenters. The molecule has 0 aliphatic carbocycles. The number of amides is 1. The molecule has 1 saturated heterocycles. The summed E-state index contributed by atoms with van der Waals surface area (Å²) in [7, 11) is 0. The Balaban J connectivity index is 0.00000176. The van der Waals surface area contributed by atoms with Gasteiger partial charge >= 0.3 is 0 Å². The first-order valence-electron chi connectivity index (χ1n) is 6.87. The van der Waals surface area contributed by atoms with Gasteiger partial charge in [0, 0.05) is 5.56 Å². The maximum absolute atomic E-state index is 12.1. The molecule has 1 atom stereocenters. The van der Waals surface area contributed by atoms with E-state index in [1.54, 1.807) is 0 Å². The van der Waals surface area contributed by atoms with Crippen LogP contribution in [0.1, 0.15) is 19.3 Å². The summed E-state index contributed by atoms with van der Waals surface area (Å²) >= 11 is 7.46. The molecule has 0 saturated carbocycles. The van der Waals surface area contributed by atoms with Crippen LogP contribution in [0.3, 0.4) is 0 Å². The van der Waals surface area contributed by atoms with Crippen LogP contribution in [0.4, 0.5) is 5.13 Å². The summed E-state index contributed by atoms with van der Waals surface area (Å²) in [4.78, 5) is 12.1. The average Bonchev–Trinajstić information content (AvgIpc) is 2.97. The Labute approximate surface area is 143 Å². The lowest BCUT2D eigenvalue weighted by Crippen LogP contribution is -2.43. The van der Waals surface area contributed by atoms with Crippen molar-refractivity contribution in [1.29, 1.82) is 0 Å². The largest absolute Gasteiger partial charge is 0.306 e. The normalized spacial score (nSPS) is 17.6. The van der Waals surface area contributed by atoms with E-state index in [0.717, 1.165) is 31.4 Å². The molecule has 118 valence electrons. The first-order valence-corrected chi connectivity index (χ1v) is 8.06. The Morgan fingerprint density at radius 1 is 1.32 bits per heavy atom. The van der Waals surface area contributed by atoms with E-state index in [0.29, 0.717) is 15.2 Å². The molecule has 1 aliphatic heterocycles. The average molecular weight is 359 g/mol. The second-order valence-corrected chi connectivity index (χ2v) is 6.27. The molecule has 1 aliphatic rings. The molecular formula is C14H16Cl2N4OS. The van der Waals surface area contributed by atoms with Crippen molar-refractivity contribution in [2.24, 2.45) is 0 Å². The molecule has 1 aromatic heterocycles. The van der Waals surface area contributed by atoms with Crippen LogP contribution in [-0.4, -0.2) is 28.7 Å². The highest BCUT2D eigenvalue weighted by molar-refractivity contribution is 7.18. The van der Waals surface area contributed by atoms with E-state index in [9.17, 15) is 4.79 Å². The van der Waals surface area contributed by atoms with E-state index < -0.39 is 0 Å². The van der Waals surface area contributed by atoms with Crippen LogP contribution in [0.5, 0.6) is 0 Å². The first kappa shape index (κ1) is 17.1. The molecule has 8 heteroatoms. The SMILES string of the molecule is Cl.O=C(Nc1nnc(-c2ccccc2Cl)s1)C1CCCCN1. The fourth-order valence-electron chi connectivity index (χ4n) is 2.29. The van der Waals surface area contributed by atoms with Gasteiger partial charge in [-0.25, -0.2) is 0 Å². The third kappa shape index (κ3) is 3.95. The third-order valence-electron chi connectivity index (χ3n) is 3.39. The van der Waals surface area contributed by atoms with Crippen molar-refractivity contribution in [1.82, 2.24) is 15.5 Å². The number of carbonyl (C=O) groups is 1. The number of piperidine rings is 1. The summed E-state index contributed by atoms with van der Waals surface area (Å²) in [6, 6.07) is 7.32. The highest BCUT2D eigenvalue weighted by atomic mass is 35.5.